The maximum absolute atomic E-state index is 12.2. The van der Waals surface area contributed by atoms with Crippen LogP contribution in [0.2, 0.25) is 5.02 Å². The monoisotopic (exact) mass is 418 g/mol. The Labute approximate surface area is 176 Å². The van der Waals surface area contributed by atoms with Gasteiger partial charge in [-0.3, -0.25) is 4.79 Å². The molecule has 0 radical (unpaired) electrons. The number of aliphatic carboxylic acids is 1. The summed E-state index contributed by atoms with van der Waals surface area (Å²) >= 11 is 6.05. The molecule has 5 nitrogen and oxygen atoms in total. The van der Waals surface area contributed by atoms with Crippen molar-refractivity contribution in [1.29, 1.82) is 0 Å². The average molecular weight is 419 g/mol. The van der Waals surface area contributed by atoms with Crippen molar-refractivity contribution in [3.8, 4) is 11.1 Å². The van der Waals surface area contributed by atoms with Crippen LogP contribution in [0.25, 0.3) is 11.1 Å². The molecule has 0 saturated carbocycles. The van der Waals surface area contributed by atoms with Crippen molar-refractivity contribution < 1.29 is 24.5 Å². The molecule has 0 unspecified atom stereocenters. The minimum atomic E-state index is -1.52. The Morgan fingerprint density at radius 3 is 2.28 bits per heavy atom. The number of carbonyl (C=O) groups is 2. The fourth-order valence-corrected chi connectivity index (χ4v) is 3.30. The van der Waals surface area contributed by atoms with Crippen LogP contribution in [-0.2, 0) is 20.7 Å². The van der Waals surface area contributed by atoms with Gasteiger partial charge in [0.25, 0.3) is 0 Å². The zero-order chi connectivity index (χ0) is 21.6. The fourth-order valence-electron chi connectivity index (χ4n) is 3.11. The van der Waals surface area contributed by atoms with Crippen molar-refractivity contribution in [2.24, 2.45) is 5.92 Å². The van der Waals surface area contributed by atoms with Crippen LogP contribution in [0.1, 0.15) is 39.2 Å². The van der Waals surface area contributed by atoms with E-state index in [1.54, 1.807) is 20.8 Å². The number of carboxylic acid groups (broad SMARTS) is 1. The number of benzene rings is 2. The van der Waals surface area contributed by atoms with E-state index in [2.05, 4.69) is 0 Å². The van der Waals surface area contributed by atoms with Gasteiger partial charge >= 0.3 is 11.9 Å². The van der Waals surface area contributed by atoms with Crippen molar-refractivity contribution in [1.82, 2.24) is 0 Å². The van der Waals surface area contributed by atoms with Gasteiger partial charge < -0.3 is 14.9 Å². The number of aliphatic hydroxyl groups is 1. The normalized spacial score (nSPS) is 13.6. The molecule has 0 fully saturated rings. The molecule has 0 heterocycles. The Balaban J connectivity index is 2.12. The molecule has 0 amide bonds. The fraction of sp³-hybridized carbons (Fsp3) is 0.391. The molecule has 29 heavy (non-hydrogen) atoms. The zero-order valence-electron chi connectivity index (χ0n) is 16.9. The Kier molecular flexibility index (Phi) is 7.82. The highest BCUT2D eigenvalue weighted by Gasteiger charge is 2.25. The van der Waals surface area contributed by atoms with Crippen LogP contribution < -0.4 is 0 Å². The quantitative estimate of drug-likeness (QED) is 0.605. The van der Waals surface area contributed by atoms with E-state index in [9.17, 15) is 14.7 Å². The van der Waals surface area contributed by atoms with E-state index >= 15 is 0 Å². The number of esters is 1. The molecule has 0 spiro atoms. The Bertz CT molecular complexity index is 839. The first-order valence-electron chi connectivity index (χ1n) is 9.51. The standard InChI is InChI=1S/C23H27ClO5/c1-23(2,3)29-21(26)13-16(12-20(25)22(27)28)11-15-7-9-17(10-8-15)18-5-4-6-19(24)14-18/h4-10,14,16,20,25H,11-13H2,1-3H3,(H,27,28)/t16-,20-/m1/s1. The predicted octanol–water partition coefficient (Wildman–Crippen LogP) is 4.73. The van der Waals surface area contributed by atoms with Gasteiger partial charge in [0, 0.05) is 11.4 Å². The van der Waals surface area contributed by atoms with Crippen LogP contribution in [-0.4, -0.2) is 33.9 Å². The number of ether oxygens (including phenoxy) is 1. The lowest BCUT2D eigenvalue weighted by Crippen LogP contribution is -2.29. The van der Waals surface area contributed by atoms with Gasteiger partial charge in [0.2, 0.25) is 0 Å². The average Bonchev–Trinajstić information content (AvgIpc) is 2.60. The third-order valence-corrected chi connectivity index (χ3v) is 4.59. The summed E-state index contributed by atoms with van der Waals surface area (Å²) in [5, 5.41) is 19.5. The number of halogens is 1. The number of aliphatic hydroxyl groups excluding tert-OH is 1. The second-order valence-corrected chi connectivity index (χ2v) is 8.59. The number of hydrogen-bond acceptors (Lipinski definition) is 4. The Morgan fingerprint density at radius 1 is 1.07 bits per heavy atom. The topological polar surface area (TPSA) is 83.8 Å². The smallest absolute Gasteiger partial charge is 0.332 e. The van der Waals surface area contributed by atoms with Gasteiger partial charge in [0.1, 0.15) is 5.60 Å². The van der Waals surface area contributed by atoms with Crippen molar-refractivity contribution in [3.05, 3.63) is 59.1 Å². The van der Waals surface area contributed by atoms with E-state index < -0.39 is 23.6 Å². The lowest BCUT2D eigenvalue weighted by atomic mass is 9.90. The molecule has 6 heteroatoms. The first-order chi connectivity index (χ1) is 13.5. The van der Waals surface area contributed by atoms with Gasteiger partial charge in [-0.05, 0) is 68.4 Å². The van der Waals surface area contributed by atoms with Gasteiger partial charge in [0.15, 0.2) is 6.10 Å². The highest BCUT2D eigenvalue weighted by Crippen LogP contribution is 2.25. The van der Waals surface area contributed by atoms with E-state index in [1.165, 1.54) is 0 Å². The minimum Gasteiger partial charge on any atom is -0.479 e. The summed E-state index contributed by atoms with van der Waals surface area (Å²) in [6.07, 6.45) is -1.05. The molecule has 2 rings (SSSR count). The van der Waals surface area contributed by atoms with Crippen LogP contribution >= 0.6 is 11.6 Å². The molecular formula is C23H27ClO5. The molecule has 2 aromatic rings. The van der Waals surface area contributed by atoms with E-state index in [4.69, 9.17) is 21.4 Å². The molecule has 156 valence electrons. The number of carbonyl (C=O) groups excluding carboxylic acids is 1. The summed E-state index contributed by atoms with van der Waals surface area (Å²) in [6, 6.07) is 15.3. The summed E-state index contributed by atoms with van der Waals surface area (Å²) in [4.78, 5) is 23.3. The Morgan fingerprint density at radius 2 is 1.72 bits per heavy atom. The first kappa shape index (κ1) is 22.9. The van der Waals surface area contributed by atoms with Crippen molar-refractivity contribution in [2.45, 2.75) is 51.7 Å². The molecule has 0 aliphatic carbocycles. The van der Waals surface area contributed by atoms with E-state index in [0.29, 0.717) is 11.4 Å². The summed E-state index contributed by atoms with van der Waals surface area (Å²) in [5.74, 6) is -2.06. The van der Waals surface area contributed by atoms with E-state index in [-0.39, 0.29) is 18.8 Å². The second-order valence-electron chi connectivity index (χ2n) is 8.16. The molecule has 0 aliphatic heterocycles. The second kappa shape index (κ2) is 9.90. The van der Waals surface area contributed by atoms with Crippen LogP contribution in [0.3, 0.4) is 0 Å². The van der Waals surface area contributed by atoms with Crippen LogP contribution in [0.15, 0.2) is 48.5 Å². The molecule has 2 N–H and O–H groups in total. The lowest BCUT2D eigenvalue weighted by Gasteiger charge is -2.23. The van der Waals surface area contributed by atoms with Gasteiger partial charge in [-0.15, -0.1) is 0 Å². The third-order valence-electron chi connectivity index (χ3n) is 4.35. The molecule has 0 bridgehead atoms. The summed E-state index contributed by atoms with van der Waals surface area (Å²) in [5.41, 5.74) is 2.33. The van der Waals surface area contributed by atoms with Gasteiger partial charge in [-0.2, -0.15) is 0 Å². The molecule has 2 atom stereocenters. The zero-order valence-corrected chi connectivity index (χ0v) is 17.6. The maximum atomic E-state index is 12.2. The van der Waals surface area contributed by atoms with Gasteiger partial charge in [-0.1, -0.05) is 48.0 Å². The van der Waals surface area contributed by atoms with Crippen LogP contribution in [0, 0.1) is 5.92 Å². The van der Waals surface area contributed by atoms with Crippen molar-refractivity contribution in [3.63, 3.8) is 0 Å². The van der Waals surface area contributed by atoms with Crippen LogP contribution in [0.4, 0.5) is 0 Å². The maximum Gasteiger partial charge on any atom is 0.332 e. The van der Waals surface area contributed by atoms with Crippen molar-refractivity contribution >= 4 is 23.5 Å². The summed E-state index contributed by atoms with van der Waals surface area (Å²) in [6.45, 7) is 5.34. The van der Waals surface area contributed by atoms with E-state index in [0.717, 1.165) is 16.7 Å². The largest absolute Gasteiger partial charge is 0.479 e. The van der Waals surface area contributed by atoms with Crippen molar-refractivity contribution in [2.75, 3.05) is 0 Å². The molecular weight excluding hydrogens is 392 g/mol. The first-order valence-corrected chi connectivity index (χ1v) is 9.89. The molecule has 0 saturated heterocycles. The molecule has 0 aromatic heterocycles. The number of rotatable bonds is 8. The molecule has 0 aliphatic rings. The Hall–Kier alpha value is -2.37. The molecule has 2 aromatic carbocycles. The van der Waals surface area contributed by atoms with Gasteiger partial charge in [-0.25, -0.2) is 4.79 Å². The highest BCUT2D eigenvalue weighted by molar-refractivity contribution is 6.30. The highest BCUT2D eigenvalue weighted by atomic mass is 35.5. The SMILES string of the molecule is CC(C)(C)OC(=O)C[C@H](Cc1ccc(-c2cccc(Cl)c2)cc1)C[C@@H](O)C(=O)O. The third kappa shape index (κ3) is 7.87. The minimum absolute atomic E-state index is 0.0232. The van der Waals surface area contributed by atoms with E-state index in [1.807, 2.05) is 48.5 Å². The summed E-state index contributed by atoms with van der Waals surface area (Å²) in [7, 11) is 0. The van der Waals surface area contributed by atoms with Gasteiger partial charge in [0.05, 0.1) is 0 Å². The lowest BCUT2D eigenvalue weighted by molar-refractivity contribution is -0.157. The predicted molar refractivity (Wildman–Crippen MR) is 113 cm³/mol. The van der Waals surface area contributed by atoms with Crippen LogP contribution in [0.5, 0.6) is 0 Å². The summed E-state index contributed by atoms with van der Waals surface area (Å²) < 4.78 is 5.36. The number of carboxylic acids is 1. The number of hydrogen-bond donors (Lipinski definition) is 2.